The number of fused-ring (bicyclic) bond motifs is 1. The number of carbonyl (C=O) groups is 1. The van der Waals surface area contributed by atoms with E-state index in [1.54, 1.807) is 6.07 Å². The smallest absolute Gasteiger partial charge is 0.300 e. The minimum absolute atomic E-state index is 0.0347. The number of anilines is 1. The van der Waals surface area contributed by atoms with Gasteiger partial charge in [0.05, 0.1) is 17.9 Å². The fourth-order valence-electron chi connectivity index (χ4n) is 2.92. The molecule has 0 fully saturated rings. The summed E-state index contributed by atoms with van der Waals surface area (Å²) in [5.41, 5.74) is 3.24. The van der Waals surface area contributed by atoms with Crippen molar-refractivity contribution in [1.29, 1.82) is 0 Å². The Morgan fingerprint density at radius 1 is 1.08 bits per heavy atom. The van der Waals surface area contributed by atoms with E-state index >= 15 is 0 Å². The maximum Gasteiger partial charge on any atom is 0.300 e. The van der Waals surface area contributed by atoms with Gasteiger partial charge in [-0.25, -0.2) is 0 Å². The number of nitrogens with zero attached hydrogens (tertiary/aromatic N) is 3. The summed E-state index contributed by atoms with van der Waals surface area (Å²) in [4.78, 5) is 22.0. The Morgan fingerprint density at radius 2 is 1.92 bits per heavy atom. The largest absolute Gasteiger partial charge is 0.454 e. The summed E-state index contributed by atoms with van der Waals surface area (Å²) in [6, 6.07) is 13.4. The van der Waals surface area contributed by atoms with Crippen LogP contribution in [-0.4, -0.2) is 37.3 Å². The topological polar surface area (TPSA) is 54.3 Å². The predicted octanol–water partition coefficient (Wildman–Crippen LogP) is 3.56. The van der Waals surface area contributed by atoms with Crippen molar-refractivity contribution in [1.82, 2.24) is 0 Å². The lowest BCUT2D eigenvalue weighted by Crippen LogP contribution is -2.33. The van der Waals surface area contributed by atoms with Gasteiger partial charge < -0.3 is 4.74 Å². The minimum Gasteiger partial charge on any atom is -0.454 e. The molecule has 0 saturated carbocycles. The maximum atomic E-state index is 11.5. The molecule has 25 heavy (non-hydrogen) atoms. The molecule has 2 aliphatic heterocycles. The van der Waals surface area contributed by atoms with Gasteiger partial charge in [0.2, 0.25) is 0 Å². The van der Waals surface area contributed by atoms with Gasteiger partial charge >= 0.3 is 6.02 Å². The first-order chi connectivity index (χ1) is 12.1. The number of carbonyl (C=O) groups excluding carboxylic acids is 1. The highest BCUT2D eigenvalue weighted by Gasteiger charge is 2.28. The summed E-state index contributed by atoms with van der Waals surface area (Å²) in [5.74, 6) is -0.290. The number of hydrogen-bond donors (Lipinski definition) is 0. The van der Waals surface area contributed by atoms with E-state index in [1.807, 2.05) is 41.3 Å². The third-order valence-electron chi connectivity index (χ3n) is 4.00. The Kier molecular flexibility index (Phi) is 4.19. The molecule has 0 bridgehead atoms. The number of aliphatic imine (C=N–C) groups is 2. The van der Waals surface area contributed by atoms with Crippen molar-refractivity contribution in [2.75, 3.05) is 24.6 Å². The normalized spacial score (nSPS) is 16.7. The molecule has 0 N–H and O–H groups in total. The summed E-state index contributed by atoms with van der Waals surface area (Å²) in [7, 11) is 0. The summed E-state index contributed by atoms with van der Waals surface area (Å²) < 4.78 is 5.43. The number of rotatable bonds is 1. The Bertz CT molecular complexity index is 924. The van der Waals surface area contributed by atoms with Gasteiger partial charge in [-0.3, -0.25) is 14.7 Å². The van der Waals surface area contributed by atoms with Gasteiger partial charge in [0.25, 0.3) is 5.91 Å². The average molecular weight is 374 g/mol. The Morgan fingerprint density at radius 3 is 2.68 bits per heavy atom. The van der Waals surface area contributed by atoms with Crippen LogP contribution < -0.4 is 4.90 Å². The molecule has 126 valence electrons. The van der Waals surface area contributed by atoms with E-state index in [-0.39, 0.29) is 12.5 Å². The quantitative estimate of drug-likeness (QED) is 0.767. The second-order valence-corrected chi connectivity index (χ2v) is 6.44. The molecule has 2 heterocycles. The lowest BCUT2D eigenvalue weighted by atomic mass is 10.00. The zero-order valence-corrected chi connectivity index (χ0v) is 14.6. The SMILES string of the molecule is O=C1COC(N2CCN=C(c3ccccc3Cl)c3cc(Cl)ccc32)=N1. The fourth-order valence-corrected chi connectivity index (χ4v) is 3.32. The van der Waals surface area contributed by atoms with Gasteiger partial charge in [0.15, 0.2) is 6.61 Å². The Hall–Kier alpha value is -2.37. The summed E-state index contributed by atoms with van der Waals surface area (Å²) in [6.07, 6.45) is 0. The van der Waals surface area contributed by atoms with E-state index in [0.29, 0.717) is 29.2 Å². The molecular formula is C18H13Cl2N3O2. The van der Waals surface area contributed by atoms with Crippen molar-refractivity contribution in [3.05, 3.63) is 63.6 Å². The molecule has 4 rings (SSSR count). The van der Waals surface area contributed by atoms with Gasteiger partial charge in [-0.15, -0.1) is 0 Å². The lowest BCUT2D eigenvalue weighted by molar-refractivity contribution is -0.118. The lowest BCUT2D eigenvalue weighted by Gasteiger charge is -2.23. The van der Waals surface area contributed by atoms with Crippen LogP contribution in [0.1, 0.15) is 11.1 Å². The molecule has 0 radical (unpaired) electrons. The average Bonchev–Trinajstić information content (AvgIpc) is 2.94. The zero-order valence-electron chi connectivity index (χ0n) is 13.1. The Balaban J connectivity index is 1.87. The number of benzodiazepines with no additional fused rings is 1. The molecule has 2 aliphatic rings. The van der Waals surface area contributed by atoms with Gasteiger partial charge in [0.1, 0.15) is 0 Å². The van der Waals surface area contributed by atoms with Gasteiger partial charge in [-0.05, 0) is 24.3 Å². The van der Waals surface area contributed by atoms with Crippen LogP contribution in [0.15, 0.2) is 52.4 Å². The number of benzene rings is 2. The minimum atomic E-state index is -0.290. The number of amides is 1. The molecule has 0 aliphatic carbocycles. The van der Waals surface area contributed by atoms with Crippen LogP contribution in [0.3, 0.4) is 0 Å². The molecule has 5 nitrogen and oxygen atoms in total. The molecule has 2 aromatic rings. The van der Waals surface area contributed by atoms with Crippen molar-refractivity contribution >= 4 is 46.5 Å². The first-order valence-electron chi connectivity index (χ1n) is 7.74. The van der Waals surface area contributed by atoms with Crippen LogP contribution in [0.5, 0.6) is 0 Å². The van der Waals surface area contributed by atoms with E-state index in [1.165, 1.54) is 0 Å². The molecule has 0 atom stereocenters. The number of ether oxygens (including phenoxy) is 1. The van der Waals surface area contributed by atoms with Crippen molar-refractivity contribution in [2.45, 2.75) is 0 Å². The third kappa shape index (κ3) is 3.01. The first-order valence-corrected chi connectivity index (χ1v) is 8.50. The summed E-state index contributed by atoms with van der Waals surface area (Å²) in [5, 5.41) is 1.20. The second kappa shape index (κ2) is 6.50. The molecule has 0 saturated heterocycles. The summed E-state index contributed by atoms with van der Waals surface area (Å²) in [6.45, 7) is 1.01. The molecule has 0 spiro atoms. The maximum absolute atomic E-state index is 11.5. The van der Waals surface area contributed by atoms with Crippen molar-refractivity contribution in [3.8, 4) is 0 Å². The first kappa shape index (κ1) is 16.1. The van der Waals surface area contributed by atoms with E-state index in [2.05, 4.69) is 4.99 Å². The third-order valence-corrected chi connectivity index (χ3v) is 4.57. The van der Waals surface area contributed by atoms with Crippen molar-refractivity contribution in [2.24, 2.45) is 9.98 Å². The fraction of sp³-hybridized carbons (Fsp3) is 0.167. The van der Waals surface area contributed by atoms with Crippen molar-refractivity contribution < 1.29 is 9.53 Å². The van der Waals surface area contributed by atoms with Crippen molar-refractivity contribution in [3.63, 3.8) is 0 Å². The molecule has 2 aromatic carbocycles. The molecule has 0 unspecified atom stereocenters. The number of amidine groups is 1. The highest BCUT2D eigenvalue weighted by molar-refractivity contribution is 6.36. The van der Waals surface area contributed by atoms with Gasteiger partial charge in [-0.2, -0.15) is 4.99 Å². The zero-order chi connectivity index (χ0) is 17.4. The van der Waals surface area contributed by atoms with Crippen LogP contribution in [0.4, 0.5) is 5.69 Å². The molecule has 0 aromatic heterocycles. The number of halogens is 2. The highest BCUT2D eigenvalue weighted by Crippen LogP contribution is 2.32. The van der Waals surface area contributed by atoms with Gasteiger partial charge in [-0.1, -0.05) is 41.4 Å². The van der Waals surface area contributed by atoms with Crippen LogP contribution in [0.2, 0.25) is 10.0 Å². The van der Waals surface area contributed by atoms with Crippen LogP contribution in [0.25, 0.3) is 0 Å². The Labute approximate surface area is 154 Å². The van der Waals surface area contributed by atoms with E-state index in [0.717, 1.165) is 22.5 Å². The summed E-state index contributed by atoms with van der Waals surface area (Å²) >= 11 is 12.6. The van der Waals surface area contributed by atoms with Crippen LogP contribution >= 0.6 is 23.2 Å². The molecule has 1 amide bonds. The van der Waals surface area contributed by atoms with Crippen LogP contribution in [0, 0.1) is 0 Å². The van der Waals surface area contributed by atoms with Gasteiger partial charge in [0, 0.05) is 27.7 Å². The standard InChI is InChI=1S/C18H13Cl2N3O2/c19-11-5-6-15-13(9-11)17(12-3-1-2-4-14(12)20)21-7-8-23(15)18-22-16(24)10-25-18/h1-6,9H,7-8,10H2. The molecule has 7 heteroatoms. The number of hydrogen-bond acceptors (Lipinski definition) is 4. The second-order valence-electron chi connectivity index (χ2n) is 5.60. The van der Waals surface area contributed by atoms with E-state index < -0.39 is 0 Å². The van der Waals surface area contributed by atoms with Crippen LogP contribution in [-0.2, 0) is 9.53 Å². The van der Waals surface area contributed by atoms with E-state index in [4.69, 9.17) is 32.9 Å². The molecular weight excluding hydrogens is 361 g/mol. The predicted molar refractivity (Wildman–Crippen MR) is 99.2 cm³/mol. The highest BCUT2D eigenvalue weighted by atomic mass is 35.5. The monoisotopic (exact) mass is 373 g/mol. The van der Waals surface area contributed by atoms with E-state index in [9.17, 15) is 4.79 Å².